The average molecular weight is 327 g/mol. The minimum Gasteiger partial charge on any atom is -0.398 e. The van der Waals surface area contributed by atoms with Crippen molar-refractivity contribution in [1.82, 2.24) is 4.90 Å². The minimum atomic E-state index is -0.430. The number of carbonyl (C=O) groups excluding carboxylic acids is 2. The molecule has 21 heavy (non-hydrogen) atoms. The van der Waals surface area contributed by atoms with Crippen LogP contribution < -0.4 is 5.73 Å². The van der Waals surface area contributed by atoms with Gasteiger partial charge in [0.15, 0.2) is 0 Å². The van der Waals surface area contributed by atoms with Crippen LogP contribution >= 0.6 is 23.4 Å². The maximum atomic E-state index is 12.5. The smallest absolute Gasteiger partial charge is 0.243 e. The predicted molar refractivity (Wildman–Crippen MR) is 86.3 cm³/mol. The van der Waals surface area contributed by atoms with E-state index in [0.717, 1.165) is 12.8 Å². The van der Waals surface area contributed by atoms with Crippen LogP contribution in [0, 0.1) is 0 Å². The van der Waals surface area contributed by atoms with Gasteiger partial charge in [0, 0.05) is 23.0 Å². The third kappa shape index (κ3) is 3.19. The minimum absolute atomic E-state index is 0.0146. The van der Waals surface area contributed by atoms with Gasteiger partial charge in [-0.1, -0.05) is 31.5 Å². The number of halogens is 1. The van der Waals surface area contributed by atoms with Gasteiger partial charge >= 0.3 is 0 Å². The van der Waals surface area contributed by atoms with Gasteiger partial charge in [0.2, 0.25) is 11.8 Å². The maximum absolute atomic E-state index is 12.5. The number of hydrogen-bond donors (Lipinski definition) is 1. The Labute approximate surface area is 134 Å². The number of anilines is 1. The lowest BCUT2D eigenvalue weighted by molar-refractivity contribution is -0.141. The molecule has 114 valence electrons. The van der Waals surface area contributed by atoms with Gasteiger partial charge in [-0.05, 0) is 25.0 Å². The van der Waals surface area contributed by atoms with Gasteiger partial charge in [-0.25, -0.2) is 0 Å². The van der Waals surface area contributed by atoms with Crippen LogP contribution in [-0.4, -0.2) is 28.0 Å². The van der Waals surface area contributed by atoms with E-state index < -0.39 is 5.25 Å². The maximum Gasteiger partial charge on any atom is 0.243 e. The van der Waals surface area contributed by atoms with E-state index in [1.165, 1.54) is 16.7 Å². The van der Waals surface area contributed by atoms with Crippen LogP contribution in [-0.2, 0) is 9.59 Å². The van der Waals surface area contributed by atoms with Gasteiger partial charge in [0.1, 0.15) is 0 Å². The fourth-order valence-electron chi connectivity index (χ4n) is 2.54. The second-order valence-electron chi connectivity index (χ2n) is 5.04. The van der Waals surface area contributed by atoms with Crippen molar-refractivity contribution in [3.05, 3.63) is 23.2 Å². The Kier molecular flexibility index (Phi) is 5.17. The molecule has 1 aliphatic heterocycles. The van der Waals surface area contributed by atoms with Crippen LogP contribution in [0.15, 0.2) is 23.1 Å². The Morgan fingerprint density at radius 3 is 2.62 bits per heavy atom. The van der Waals surface area contributed by atoms with Crippen molar-refractivity contribution in [2.45, 2.75) is 49.3 Å². The molecule has 1 saturated heterocycles. The van der Waals surface area contributed by atoms with Gasteiger partial charge in [0.25, 0.3) is 0 Å². The van der Waals surface area contributed by atoms with Crippen molar-refractivity contribution in [3.63, 3.8) is 0 Å². The Balaban J connectivity index is 2.20. The normalized spacial score (nSPS) is 18.9. The number of carbonyl (C=O) groups is 2. The molecule has 0 spiro atoms. The molecule has 4 nitrogen and oxygen atoms in total. The molecule has 0 bridgehead atoms. The van der Waals surface area contributed by atoms with Crippen LogP contribution in [0.3, 0.4) is 0 Å². The summed E-state index contributed by atoms with van der Waals surface area (Å²) in [7, 11) is 0. The summed E-state index contributed by atoms with van der Waals surface area (Å²) in [6.45, 7) is 3.97. The van der Waals surface area contributed by atoms with E-state index in [1.807, 2.05) is 13.8 Å². The van der Waals surface area contributed by atoms with E-state index in [2.05, 4.69) is 0 Å². The zero-order valence-electron chi connectivity index (χ0n) is 12.1. The molecule has 0 aliphatic carbocycles. The summed E-state index contributed by atoms with van der Waals surface area (Å²) < 4.78 is 0. The van der Waals surface area contributed by atoms with E-state index in [4.69, 9.17) is 17.3 Å². The summed E-state index contributed by atoms with van der Waals surface area (Å²) in [6, 6.07) is 5.23. The number of imide groups is 1. The zero-order valence-corrected chi connectivity index (χ0v) is 13.7. The Hall–Kier alpha value is -1.20. The van der Waals surface area contributed by atoms with Gasteiger partial charge < -0.3 is 5.73 Å². The molecular weight excluding hydrogens is 308 g/mol. The second-order valence-corrected chi connectivity index (χ2v) is 6.66. The van der Waals surface area contributed by atoms with E-state index in [0.29, 0.717) is 15.6 Å². The highest BCUT2D eigenvalue weighted by Crippen LogP contribution is 2.39. The number of hydrogen-bond acceptors (Lipinski definition) is 4. The molecule has 0 aromatic heterocycles. The molecule has 0 radical (unpaired) electrons. The number of nitrogen functional groups attached to an aromatic ring is 1. The van der Waals surface area contributed by atoms with Crippen LogP contribution in [0.5, 0.6) is 0 Å². The zero-order chi connectivity index (χ0) is 15.6. The monoisotopic (exact) mass is 326 g/mol. The first-order valence-corrected chi connectivity index (χ1v) is 8.31. The van der Waals surface area contributed by atoms with Gasteiger partial charge in [-0.3, -0.25) is 14.5 Å². The number of nitrogens with zero attached hydrogens (tertiary/aromatic N) is 1. The summed E-state index contributed by atoms with van der Waals surface area (Å²) in [5, 5.41) is 0.0848. The molecule has 2 N–H and O–H groups in total. The quantitative estimate of drug-likeness (QED) is 0.666. The summed E-state index contributed by atoms with van der Waals surface area (Å²) in [6.07, 6.45) is 1.77. The predicted octanol–water partition coefficient (Wildman–Crippen LogP) is 3.33. The molecular formula is C15H19ClN2O2S. The molecule has 1 fully saturated rings. The van der Waals surface area contributed by atoms with Crippen molar-refractivity contribution < 1.29 is 9.59 Å². The van der Waals surface area contributed by atoms with Crippen LogP contribution in [0.1, 0.15) is 33.1 Å². The molecule has 0 saturated carbocycles. The topological polar surface area (TPSA) is 63.4 Å². The third-order valence-corrected chi connectivity index (χ3v) is 5.48. The highest BCUT2D eigenvalue weighted by molar-refractivity contribution is 8.01. The van der Waals surface area contributed by atoms with E-state index in [1.54, 1.807) is 18.2 Å². The Morgan fingerprint density at radius 1 is 1.38 bits per heavy atom. The van der Waals surface area contributed by atoms with Crippen molar-refractivity contribution in [3.8, 4) is 0 Å². The van der Waals surface area contributed by atoms with Gasteiger partial charge in [0.05, 0.1) is 10.3 Å². The Morgan fingerprint density at radius 2 is 2.05 bits per heavy atom. The summed E-state index contributed by atoms with van der Waals surface area (Å²) in [4.78, 5) is 26.7. The number of amides is 2. The number of thioether (sulfide) groups is 1. The van der Waals surface area contributed by atoms with E-state index in [9.17, 15) is 9.59 Å². The first-order valence-electron chi connectivity index (χ1n) is 7.06. The molecule has 1 aromatic carbocycles. The lowest BCUT2D eigenvalue weighted by Crippen LogP contribution is -2.40. The largest absolute Gasteiger partial charge is 0.398 e. The van der Waals surface area contributed by atoms with Crippen molar-refractivity contribution in [2.24, 2.45) is 0 Å². The molecule has 1 atom stereocenters. The van der Waals surface area contributed by atoms with Gasteiger partial charge in [-0.15, -0.1) is 11.8 Å². The molecule has 1 heterocycles. The Bertz CT molecular complexity index is 540. The lowest BCUT2D eigenvalue weighted by Gasteiger charge is -2.24. The first-order chi connectivity index (χ1) is 9.99. The highest BCUT2D eigenvalue weighted by atomic mass is 35.5. The van der Waals surface area contributed by atoms with Crippen molar-refractivity contribution >= 4 is 40.9 Å². The van der Waals surface area contributed by atoms with Crippen LogP contribution in [0.2, 0.25) is 5.02 Å². The SMILES string of the molecule is CCC(CC)N1C(=O)CC(Sc2c(N)cccc2Cl)C1=O. The standard InChI is InChI=1S/C15H19ClN2O2S/c1-3-9(4-2)18-13(19)8-12(15(18)20)21-14-10(16)6-5-7-11(14)17/h5-7,9,12H,3-4,8,17H2,1-2H3. The van der Waals surface area contributed by atoms with E-state index >= 15 is 0 Å². The van der Waals surface area contributed by atoms with E-state index in [-0.39, 0.29) is 24.3 Å². The van der Waals surface area contributed by atoms with Crippen LogP contribution in [0.4, 0.5) is 5.69 Å². The molecule has 1 aliphatic rings. The third-order valence-electron chi connectivity index (χ3n) is 3.71. The molecule has 1 aromatic rings. The fraction of sp³-hybridized carbons (Fsp3) is 0.467. The number of likely N-dealkylation sites (tertiary alicyclic amines) is 1. The molecule has 2 amide bonds. The molecule has 1 unspecified atom stereocenters. The number of benzene rings is 1. The lowest BCUT2D eigenvalue weighted by atomic mass is 10.1. The summed E-state index contributed by atoms with van der Waals surface area (Å²) in [5.74, 6) is -0.227. The first kappa shape index (κ1) is 16.2. The van der Waals surface area contributed by atoms with Crippen molar-refractivity contribution in [2.75, 3.05) is 5.73 Å². The summed E-state index contributed by atoms with van der Waals surface area (Å²) in [5.41, 5.74) is 6.45. The number of rotatable bonds is 5. The highest BCUT2D eigenvalue weighted by Gasteiger charge is 2.42. The van der Waals surface area contributed by atoms with Crippen LogP contribution in [0.25, 0.3) is 0 Å². The average Bonchev–Trinajstić information content (AvgIpc) is 2.72. The fourth-order valence-corrected chi connectivity index (χ4v) is 3.97. The molecule has 2 rings (SSSR count). The second kappa shape index (κ2) is 6.71. The van der Waals surface area contributed by atoms with Gasteiger partial charge in [-0.2, -0.15) is 0 Å². The molecule has 6 heteroatoms. The number of nitrogens with two attached hydrogens (primary N) is 1. The summed E-state index contributed by atoms with van der Waals surface area (Å²) >= 11 is 7.42. The van der Waals surface area contributed by atoms with Crippen molar-refractivity contribution in [1.29, 1.82) is 0 Å².